The molecular weight excluding hydrogens is 550 g/mol. The van der Waals surface area contributed by atoms with E-state index in [-0.39, 0.29) is 41.9 Å². The van der Waals surface area contributed by atoms with E-state index in [2.05, 4.69) is 5.32 Å². The lowest BCUT2D eigenvalue weighted by molar-refractivity contribution is -0.150. The predicted molar refractivity (Wildman–Crippen MR) is 156 cm³/mol. The molecule has 1 heterocycles. The Morgan fingerprint density at radius 3 is 2.27 bits per heavy atom. The van der Waals surface area contributed by atoms with Gasteiger partial charge in [-0.1, -0.05) is 58.1 Å². The number of nitrogens with zero attached hydrogens (tertiary/aromatic N) is 1. The van der Waals surface area contributed by atoms with Gasteiger partial charge in [0.25, 0.3) is 0 Å². The number of carboxylic acids is 1. The minimum Gasteiger partial charge on any atom is -0.496 e. The van der Waals surface area contributed by atoms with Gasteiger partial charge in [0, 0.05) is 36.6 Å². The van der Waals surface area contributed by atoms with Crippen LogP contribution in [0.5, 0.6) is 11.5 Å². The van der Waals surface area contributed by atoms with Crippen LogP contribution in [0.3, 0.4) is 0 Å². The lowest BCUT2D eigenvalue weighted by atomic mass is 9.85. The summed E-state index contributed by atoms with van der Waals surface area (Å²) >= 11 is 6.27. The second-order valence-corrected chi connectivity index (χ2v) is 12.9. The van der Waals surface area contributed by atoms with Gasteiger partial charge in [-0.2, -0.15) is 0 Å². The van der Waals surface area contributed by atoms with Crippen molar-refractivity contribution in [1.29, 1.82) is 5.41 Å². The molecule has 1 saturated carbocycles. The first-order chi connectivity index (χ1) is 19.2. The summed E-state index contributed by atoms with van der Waals surface area (Å²) in [5, 5.41) is 33.4. The quantitative estimate of drug-likeness (QED) is 0.232. The number of benzene rings is 1. The molecule has 0 unspecified atom stereocenters. The Bertz CT molecular complexity index is 1140. The first-order valence-corrected chi connectivity index (χ1v) is 14.6. The van der Waals surface area contributed by atoms with E-state index in [0.29, 0.717) is 23.5 Å². The molecule has 0 aromatic heterocycles. The summed E-state index contributed by atoms with van der Waals surface area (Å²) in [5.41, 5.74) is -2.11. The molecule has 0 radical (unpaired) electrons. The second kappa shape index (κ2) is 13.4. The molecule has 0 bridgehead atoms. The maximum atomic E-state index is 13.9. The number of rotatable bonds is 10. The Morgan fingerprint density at radius 2 is 1.73 bits per heavy atom. The number of likely N-dealkylation sites (tertiary alicyclic amines) is 1. The molecule has 41 heavy (non-hydrogen) atoms. The Morgan fingerprint density at radius 1 is 1.12 bits per heavy atom. The highest BCUT2D eigenvalue weighted by atomic mass is 35.5. The summed E-state index contributed by atoms with van der Waals surface area (Å²) in [4.78, 5) is 40.4. The van der Waals surface area contributed by atoms with Crippen LogP contribution >= 0.6 is 11.6 Å². The van der Waals surface area contributed by atoms with Crippen LogP contribution in [0.2, 0.25) is 5.02 Å². The topological polar surface area (TPSA) is 149 Å². The molecule has 11 heteroatoms. The van der Waals surface area contributed by atoms with Crippen molar-refractivity contribution in [2.45, 2.75) is 96.2 Å². The van der Waals surface area contributed by atoms with Crippen molar-refractivity contribution in [2.75, 3.05) is 20.8 Å². The zero-order valence-corrected chi connectivity index (χ0v) is 25.5. The molecule has 1 aliphatic heterocycles. The average Bonchev–Trinajstić information content (AvgIpc) is 3.05. The van der Waals surface area contributed by atoms with Gasteiger partial charge in [-0.05, 0) is 30.2 Å². The Balaban J connectivity index is 1.80. The van der Waals surface area contributed by atoms with Crippen LogP contribution in [0.25, 0.3) is 0 Å². The van der Waals surface area contributed by atoms with E-state index in [1.165, 1.54) is 39.2 Å². The van der Waals surface area contributed by atoms with E-state index in [9.17, 15) is 24.6 Å². The van der Waals surface area contributed by atoms with Crippen molar-refractivity contribution >= 4 is 35.1 Å². The standard InChI is InChI=1S/C30H44ClN3O7/c1-29(2,3)26(33-25(35)12-18-10-8-6-7-9-11-18)27(36)34-17-30(39,16-22(34)28(37)38)15-21(32)19-13-20(31)24(41-5)14-23(19)40-4/h13-14,18,22,26,32,39H,6-12,15-17H2,1-5H3,(H,33,35)(H,37,38)/t22-,26+,30+/m0/s1. The van der Waals surface area contributed by atoms with Gasteiger partial charge in [-0.15, -0.1) is 0 Å². The molecule has 2 amide bonds. The molecule has 228 valence electrons. The molecule has 3 atom stereocenters. The summed E-state index contributed by atoms with van der Waals surface area (Å²) in [7, 11) is 2.89. The minimum atomic E-state index is -1.69. The molecule has 1 aromatic rings. The van der Waals surface area contributed by atoms with Crippen LogP contribution in [-0.4, -0.2) is 77.1 Å². The number of carbonyl (C=O) groups excluding carboxylic acids is 2. The number of carbonyl (C=O) groups is 3. The zero-order chi connectivity index (χ0) is 30.5. The highest BCUT2D eigenvalue weighted by Gasteiger charge is 2.51. The molecule has 1 saturated heterocycles. The van der Waals surface area contributed by atoms with Crippen molar-refractivity contribution in [2.24, 2.45) is 11.3 Å². The lowest BCUT2D eigenvalue weighted by Crippen LogP contribution is -2.57. The molecular formula is C30H44ClN3O7. The number of β-amino-alcohol motifs (C(OH)–C–C–N with tert-alkyl or cyclic N) is 1. The Labute approximate surface area is 247 Å². The first kappa shape index (κ1) is 32.7. The number of amides is 2. The van der Waals surface area contributed by atoms with E-state index in [0.717, 1.165) is 30.6 Å². The van der Waals surface area contributed by atoms with Gasteiger partial charge in [-0.3, -0.25) is 9.59 Å². The fourth-order valence-corrected chi connectivity index (χ4v) is 6.17. The smallest absolute Gasteiger partial charge is 0.326 e. The van der Waals surface area contributed by atoms with Gasteiger partial charge >= 0.3 is 5.97 Å². The number of nitrogens with one attached hydrogen (secondary N) is 2. The molecule has 1 aliphatic carbocycles. The van der Waals surface area contributed by atoms with Crippen molar-refractivity contribution in [3.8, 4) is 11.5 Å². The van der Waals surface area contributed by atoms with Crippen LogP contribution in [0.1, 0.15) is 84.1 Å². The predicted octanol–water partition coefficient (Wildman–Crippen LogP) is 4.42. The van der Waals surface area contributed by atoms with E-state index in [1.807, 2.05) is 20.8 Å². The second-order valence-electron chi connectivity index (χ2n) is 12.5. The highest BCUT2D eigenvalue weighted by Crippen LogP contribution is 2.37. The number of hydrogen-bond donors (Lipinski definition) is 4. The van der Waals surface area contributed by atoms with Crippen molar-refractivity contribution in [3.63, 3.8) is 0 Å². The van der Waals surface area contributed by atoms with E-state index < -0.39 is 35.0 Å². The van der Waals surface area contributed by atoms with Crippen LogP contribution in [-0.2, 0) is 14.4 Å². The number of halogens is 1. The minimum absolute atomic E-state index is 0.0311. The number of methoxy groups -OCH3 is 2. The number of carboxylic acid groups (broad SMARTS) is 1. The van der Waals surface area contributed by atoms with Crippen molar-refractivity contribution in [1.82, 2.24) is 10.2 Å². The molecule has 10 nitrogen and oxygen atoms in total. The maximum Gasteiger partial charge on any atom is 0.326 e. The fraction of sp³-hybridized carbons (Fsp3) is 0.667. The Hall–Kier alpha value is -2.85. The number of hydrogen-bond acceptors (Lipinski definition) is 7. The van der Waals surface area contributed by atoms with Gasteiger partial charge in [0.1, 0.15) is 23.6 Å². The largest absolute Gasteiger partial charge is 0.496 e. The van der Waals surface area contributed by atoms with E-state index in [4.69, 9.17) is 26.5 Å². The maximum absolute atomic E-state index is 13.9. The first-order valence-electron chi connectivity index (χ1n) is 14.2. The Kier molecular flexibility index (Phi) is 10.7. The summed E-state index contributed by atoms with van der Waals surface area (Å²) in [5.74, 6) is -1.11. The van der Waals surface area contributed by atoms with Gasteiger partial charge in [-0.25, -0.2) is 4.79 Å². The normalized spacial score (nSPS) is 22.5. The molecule has 2 aliphatic rings. The van der Waals surface area contributed by atoms with Gasteiger partial charge < -0.3 is 35.3 Å². The summed E-state index contributed by atoms with van der Waals surface area (Å²) in [6.45, 7) is 5.14. The lowest BCUT2D eigenvalue weighted by Gasteiger charge is -2.35. The highest BCUT2D eigenvalue weighted by molar-refractivity contribution is 6.32. The summed E-state index contributed by atoms with van der Waals surface area (Å²) in [6, 6.07) is 0.735. The molecule has 1 aromatic carbocycles. The fourth-order valence-electron chi connectivity index (χ4n) is 5.93. The molecule has 3 rings (SSSR count). The van der Waals surface area contributed by atoms with Crippen LogP contribution in [0, 0.1) is 16.7 Å². The summed E-state index contributed by atoms with van der Waals surface area (Å²) < 4.78 is 10.6. The van der Waals surface area contributed by atoms with Gasteiger partial charge in [0.2, 0.25) is 11.8 Å². The van der Waals surface area contributed by atoms with Crippen molar-refractivity contribution < 1.29 is 34.1 Å². The SMILES string of the molecule is COc1cc(OC)c(C(=N)C[C@@]2(O)C[C@@H](C(=O)O)N(C(=O)[C@@H](NC(=O)CC3CCCCCC3)C(C)(C)C)C2)cc1Cl. The van der Waals surface area contributed by atoms with Crippen molar-refractivity contribution in [3.05, 3.63) is 22.7 Å². The molecule has 0 spiro atoms. The molecule has 4 N–H and O–H groups in total. The van der Waals surface area contributed by atoms with Crippen LogP contribution < -0.4 is 14.8 Å². The zero-order valence-electron chi connectivity index (χ0n) is 24.7. The third kappa shape index (κ3) is 8.13. The van der Waals surface area contributed by atoms with Crippen LogP contribution in [0.15, 0.2) is 12.1 Å². The van der Waals surface area contributed by atoms with E-state index >= 15 is 0 Å². The van der Waals surface area contributed by atoms with Gasteiger partial charge in [0.15, 0.2) is 0 Å². The monoisotopic (exact) mass is 593 g/mol. The number of aliphatic carboxylic acids is 1. The third-order valence-corrected chi connectivity index (χ3v) is 8.45. The third-order valence-electron chi connectivity index (χ3n) is 8.15. The average molecular weight is 594 g/mol. The van der Waals surface area contributed by atoms with Crippen LogP contribution in [0.4, 0.5) is 0 Å². The van der Waals surface area contributed by atoms with Gasteiger partial charge in [0.05, 0.1) is 31.4 Å². The molecule has 2 fully saturated rings. The number of ether oxygens (including phenoxy) is 2. The number of aliphatic hydroxyl groups is 1. The summed E-state index contributed by atoms with van der Waals surface area (Å²) in [6.07, 6.45) is 6.32. The van der Waals surface area contributed by atoms with E-state index in [1.54, 1.807) is 0 Å².